The van der Waals surface area contributed by atoms with E-state index in [2.05, 4.69) is 19.2 Å². The molecule has 1 atom stereocenters. The van der Waals surface area contributed by atoms with Gasteiger partial charge in [0, 0.05) is 11.7 Å². The van der Waals surface area contributed by atoms with Crippen LogP contribution in [-0.4, -0.2) is 6.04 Å². The maximum absolute atomic E-state index is 13.0. The predicted molar refractivity (Wildman–Crippen MR) is 75.7 cm³/mol. The van der Waals surface area contributed by atoms with Gasteiger partial charge in [0.1, 0.15) is 0 Å². The lowest BCUT2D eigenvalue weighted by Crippen LogP contribution is -2.21. The van der Waals surface area contributed by atoms with Crippen LogP contribution in [0.1, 0.15) is 51.5 Å². The van der Waals surface area contributed by atoms with Gasteiger partial charge in [0.15, 0.2) is 0 Å². The Balaban J connectivity index is 2.11. The molecule has 1 aliphatic carbocycles. The summed E-state index contributed by atoms with van der Waals surface area (Å²) in [5, 5.41) is 3.11. The number of benzene rings is 1. The average Bonchev–Trinajstić information content (AvgIpc) is 2.50. The van der Waals surface area contributed by atoms with Crippen molar-refractivity contribution in [1.29, 1.82) is 0 Å². The van der Waals surface area contributed by atoms with Crippen LogP contribution in [0.25, 0.3) is 0 Å². The molecular weight excluding hydrogens is 263 g/mol. The number of nitrogens with one attached hydrogen (secondary N) is 1. The molecule has 0 aromatic heterocycles. The summed E-state index contributed by atoms with van der Waals surface area (Å²) >= 11 is 0. The molecule has 0 radical (unpaired) electrons. The Morgan fingerprint density at radius 3 is 2.50 bits per heavy atom. The molecule has 1 fully saturated rings. The van der Waals surface area contributed by atoms with Crippen LogP contribution in [0.2, 0.25) is 0 Å². The summed E-state index contributed by atoms with van der Waals surface area (Å²) in [6.07, 6.45) is 0.839. The van der Waals surface area contributed by atoms with E-state index in [9.17, 15) is 13.2 Å². The zero-order valence-electron chi connectivity index (χ0n) is 12.1. The number of hydrogen-bond donors (Lipinski definition) is 1. The third-order valence-corrected chi connectivity index (χ3v) is 4.17. The van der Waals surface area contributed by atoms with Gasteiger partial charge in [-0.1, -0.05) is 32.4 Å². The Labute approximate surface area is 118 Å². The van der Waals surface area contributed by atoms with Crippen molar-refractivity contribution in [2.24, 2.45) is 5.41 Å². The minimum atomic E-state index is -4.30. The summed E-state index contributed by atoms with van der Waals surface area (Å²) in [6, 6.07) is 5.89. The van der Waals surface area contributed by atoms with E-state index in [1.165, 1.54) is 12.1 Å². The highest BCUT2D eigenvalue weighted by molar-refractivity contribution is 5.53. The third-order valence-electron chi connectivity index (χ3n) is 4.17. The first-order valence-corrected chi connectivity index (χ1v) is 7.21. The SMILES string of the molecule is CC1(C)CCCC(Nc2ccccc2C(F)(F)F)CC1. The molecule has 0 bridgehead atoms. The minimum Gasteiger partial charge on any atom is -0.382 e. The minimum absolute atomic E-state index is 0.139. The van der Waals surface area contributed by atoms with Gasteiger partial charge in [0.25, 0.3) is 0 Å². The number of para-hydroxylation sites is 1. The van der Waals surface area contributed by atoms with Crippen molar-refractivity contribution < 1.29 is 13.2 Å². The Morgan fingerprint density at radius 2 is 1.80 bits per heavy atom. The monoisotopic (exact) mass is 285 g/mol. The van der Waals surface area contributed by atoms with Crippen LogP contribution in [0.15, 0.2) is 24.3 Å². The largest absolute Gasteiger partial charge is 0.418 e. The molecule has 1 nitrogen and oxygen atoms in total. The zero-order chi connectivity index (χ0) is 14.8. The van der Waals surface area contributed by atoms with Crippen LogP contribution in [-0.2, 0) is 6.18 Å². The van der Waals surface area contributed by atoms with E-state index in [1.807, 2.05) is 0 Å². The molecule has 112 valence electrons. The van der Waals surface area contributed by atoms with E-state index in [0.29, 0.717) is 5.41 Å². The van der Waals surface area contributed by atoms with Crippen molar-refractivity contribution in [1.82, 2.24) is 0 Å². The Bertz CT molecular complexity index is 451. The summed E-state index contributed by atoms with van der Waals surface area (Å²) in [5.41, 5.74) is -0.0480. The molecule has 1 N–H and O–H groups in total. The summed E-state index contributed by atoms with van der Waals surface area (Å²) in [4.78, 5) is 0. The number of hydrogen-bond acceptors (Lipinski definition) is 1. The van der Waals surface area contributed by atoms with Crippen LogP contribution < -0.4 is 5.32 Å². The lowest BCUT2D eigenvalue weighted by molar-refractivity contribution is -0.137. The highest BCUT2D eigenvalue weighted by Crippen LogP contribution is 2.38. The molecule has 1 aliphatic rings. The molecular formula is C16H22F3N. The van der Waals surface area contributed by atoms with Crippen molar-refractivity contribution in [3.8, 4) is 0 Å². The van der Waals surface area contributed by atoms with E-state index in [4.69, 9.17) is 0 Å². The summed E-state index contributed by atoms with van der Waals surface area (Å²) in [7, 11) is 0. The Morgan fingerprint density at radius 1 is 1.10 bits per heavy atom. The smallest absolute Gasteiger partial charge is 0.382 e. The molecule has 0 saturated heterocycles. The quantitative estimate of drug-likeness (QED) is 0.710. The van der Waals surface area contributed by atoms with Crippen LogP contribution in [0.3, 0.4) is 0 Å². The number of alkyl halides is 3. The van der Waals surface area contributed by atoms with E-state index < -0.39 is 11.7 Å². The highest BCUT2D eigenvalue weighted by Gasteiger charge is 2.34. The van der Waals surface area contributed by atoms with Crippen LogP contribution in [0.5, 0.6) is 0 Å². The van der Waals surface area contributed by atoms with Gasteiger partial charge < -0.3 is 5.32 Å². The van der Waals surface area contributed by atoms with Gasteiger partial charge in [-0.25, -0.2) is 0 Å². The van der Waals surface area contributed by atoms with Gasteiger partial charge in [0.05, 0.1) is 5.56 Å². The van der Waals surface area contributed by atoms with Crippen molar-refractivity contribution in [3.63, 3.8) is 0 Å². The fraction of sp³-hybridized carbons (Fsp3) is 0.625. The Kier molecular flexibility index (Phi) is 4.31. The van der Waals surface area contributed by atoms with Gasteiger partial charge in [0.2, 0.25) is 0 Å². The van der Waals surface area contributed by atoms with Crippen molar-refractivity contribution >= 4 is 5.69 Å². The fourth-order valence-corrected chi connectivity index (χ4v) is 2.88. The molecule has 2 rings (SSSR count). The summed E-state index contributed by atoms with van der Waals surface area (Å²) in [6.45, 7) is 4.47. The first-order valence-electron chi connectivity index (χ1n) is 7.21. The van der Waals surface area contributed by atoms with Gasteiger partial charge in [-0.05, 0) is 43.2 Å². The number of rotatable bonds is 2. The lowest BCUT2D eigenvalue weighted by Gasteiger charge is -2.23. The van der Waals surface area contributed by atoms with Gasteiger partial charge in [-0.15, -0.1) is 0 Å². The van der Waals surface area contributed by atoms with Crippen molar-refractivity contribution in [2.75, 3.05) is 5.32 Å². The molecule has 1 unspecified atom stereocenters. The maximum Gasteiger partial charge on any atom is 0.418 e. The van der Waals surface area contributed by atoms with E-state index in [0.717, 1.165) is 38.2 Å². The first-order chi connectivity index (χ1) is 9.28. The van der Waals surface area contributed by atoms with Crippen LogP contribution in [0.4, 0.5) is 18.9 Å². The molecule has 4 heteroatoms. The van der Waals surface area contributed by atoms with Crippen LogP contribution >= 0.6 is 0 Å². The van der Waals surface area contributed by atoms with Gasteiger partial charge >= 0.3 is 6.18 Å². The second-order valence-corrected chi connectivity index (χ2v) is 6.48. The molecule has 1 aromatic carbocycles. The molecule has 1 aromatic rings. The third kappa shape index (κ3) is 3.90. The second kappa shape index (κ2) is 5.66. The fourth-order valence-electron chi connectivity index (χ4n) is 2.88. The summed E-state index contributed by atoms with van der Waals surface area (Å²) in [5.74, 6) is 0. The first kappa shape index (κ1) is 15.2. The standard InChI is InChI=1S/C16H22F3N/c1-15(2)10-5-6-12(9-11-15)20-14-8-4-3-7-13(14)16(17,18)19/h3-4,7-8,12,20H,5-6,9-11H2,1-2H3. The van der Waals surface area contributed by atoms with E-state index >= 15 is 0 Å². The van der Waals surface area contributed by atoms with E-state index in [-0.39, 0.29) is 11.7 Å². The lowest BCUT2D eigenvalue weighted by atomic mass is 9.85. The van der Waals surface area contributed by atoms with Crippen molar-refractivity contribution in [2.45, 2.75) is 58.2 Å². The number of anilines is 1. The normalized spacial score (nSPS) is 23.1. The Hall–Kier alpha value is -1.19. The average molecular weight is 285 g/mol. The summed E-state index contributed by atoms with van der Waals surface area (Å²) < 4.78 is 38.9. The molecule has 20 heavy (non-hydrogen) atoms. The van der Waals surface area contributed by atoms with Crippen LogP contribution in [0, 0.1) is 5.41 Å². The maximum atomic E-state index is 13.0. The molecule has 0 amide bonds. The topological polar surface area (TPSA) is 12.0 Å². The van der Waals surface area contributed by atoms with Gasteiger partial charge in [-0.3, -0.25) is 0 Å². The predicted octanol–water partition coefficient (Wildman–Crippen LogP) is 5.48. The number of halogens is 3. The molecule has 0 aliphatic heterocycles. The molecule has 0 heterocycles. The molecule has 0 spiro atoms. The van der Waals surface area contributed by atoms with Crippen molar-refractivity contribution in [3.05, 3.63) is 29.8 Å². The van der Waals surface area contributed by atoms with Gasteiger partial charge in [-0.2, -0.15) is 13.2 Å². The van der Waals surface area contributed by atoms with E-state index in [1.54, 1.807) is 6.07 Å². The zero-order valence-corrected chi connectivity index (χ0v) is 12.1. The molecule has 1 saturated carbocycles. The second-order valence-electron chi connectivity index (χ2n) is 6.48. The highest BCUT2D eigenvalue weighted by atomic mass is 19.4.